The highest BCUT2D eigenvalue weighted by Gasteiger charge is 2.36. The van der Waals surface area contributed by atoms with E-state index in [0.717, 1.165) is 5.56 Å². The predicted octanol–water partition coefficient (Wildman–Crippen LogP) is 1.73. The van der Waals surface area contributed by atoms with E-state index >= 15 is 0 Å². The molecule has 1 aromatic carbocycles. The van der Waals surface area contributed by atoms with Crippen LogP contribution in [0.3, 0.4) is 0 Å². The maximum atomic E-state index is 12.7. The number of carboxylic acid groups (broad SMARTS) is 1. The third kappa shape index (κ3) is 3.91. The maximum Gasteiger partial charge on any atom is 0.407 e. The number of hydrogen-bond donors (Lipinski definition) is 4. The smallest absolute Gasteiger partial charge is 0.407 e. The number of nitrogen functional groups attached to an aromatic ring is 1. The van der Waals surface area contributed by atoms with Crippen molar-refractivity contribution in [2.24, 2.45) is 5.92 Å². The molecule has 2 heterocycles. The Kier molecular flexibility index (Phi) is 5.14. The number of amides is 2. The SMILES string of the molecule is CC1(C)Cc2c(N)c(Cl)cc(C(=O)NCC3CCN(C(=O)O)CC3O)c2O1. The van der Waals surface area contributed by atoms with Crippen LogP contribution >= 0.6 is 11.6 Å². The summed E-state index contributed by atoms with van der Waals surface area (Å²) >= 11 is 6.19. The van der Waals surface area contributed by atoms with Crippen LogP contribution < -0.4 is 15.8 Å². The average molecular weight is 398 g/mol. The number of nitrogens with zero attached hydrogens (tertiary/aromatic N) is 1. The van der Waals surface area contributed by atoms with Crippen LogP contribution in [0.15, 0.2) is 6.07 Å². The van der Waals surface area contributed by atoms with E-state index < -0.39 is 17.8 Å². The van der Waals surface area contributed by atoms with Gasteiger partial charge < -0.3 is 30.9 Å². The number of aliphatic hydroxyl groups is 1. The fourth-order valence-electron chi connectivity index (χ4n) is 3.61. The number of likely N-dealkylation sites (tertiary alicyclic amines) is 1. The molecule has 2 atom stereocenters. The summed E-state index contributed by atoms with van der Waals surface area (Å²) in [5, 5.41) is 22.3. The summed E-state index contributed by atoms with van der Waals surface area (Å²) in [6, 6.07) is 1.50. The van der Waals surface area contributed by atoms with E-state index in [1.807, 2.05) is 13.8 Å². The van der Waals surface area contributed by atoms with Crippen molar-refractivity contribution in [1.82, 2.24) is 10.2 Å². The summed E-state index contributed by atoms with van der Waals surface area (Å²) in [5.74, 6) is -0.140. The molecule has 0 aromatic heterocycles. The second-order valence-corrected chi connectivity index (χ2v) is 8.13. The summed E-state index contributed by atoms with van der Waals surface area (Å²) < 4.78 is 5.91. The number of benzene rings is 1. The standard InChI is InChI=1S/C18H24ClN3O5/c1-18(2)6-11-14(20)12(19)5-10(15(11)27-18)16(24)21-7-9-3-4-22(17(25)26)8-13(9)23/h5,9,13,23H,3-4,6-8,20H2,1-2H3,(H,21,24)(H,25,26). The van der Waals surface area contributed by atoms with Gasteiger partial charge in [-0.2, -0.15) is 0 Å². The third-order valence-corrected chi connectivity index (χ3v) is 5.43. The molecule has 2 aliphatic heterocycles. The highest BCUT2D eigenvalue weighted by molar-refractivity contribution is 6.33. The first kappa shape index (κ1) is 19.6. The van der Waals surface area contributed by atoms with Crippen molar-refractivity contribution in [3.8, 4) is 5.75 Å². The lowest BCUT2D eigenvalue weighted by Crippen LogP contribution is -2.49. The normalized spacial score (nSPS) is 23.5. The number of hydrogen-bond acceptors (Lipinski definition) is 5. The summed E-state index contributed by atoms with van der Waals surface area (Å²) in [6.07, 6.45) is -0.853. The molecule has 1 aromatic rings. The molecule has 5 N–H and O–H groups in total. The number of anilines is 1. The minimum Gasteiger partial charge on any atom is -0.486 e. The van der Waals surface area contributed by atoms with Crippen LogP contribution in [-0.2, 0) is 6.42 Å². The summed E-state index contributed by atoms with van der Waals surface area (Å²) in [7, 11) is 0. The Labute approximate surface area is 162 Å². The van der Waals surface area contributed by atoms with Crippen LogP contribution in [0.1, 0.15) is 36.2 Å². The van der Waals surface area contributed by atoms with Crippen LogP contribution in [0.25, 0.3) is 0 Å². The van der Waals surface area contributed by atoms with Gasteiger partial charge >= 0.3 is 6.09 Å². The molecule has 1 fully saturated rings. The van der Waals surface area contributed by atoms with Gasteiger partial charge in [-0.3, -0.25) is 4.79 Å². The van der Waals surface area contributed by atoms with Gasteiger partial charge in [0.15, 0.2) is 0 Å². The Bertz CT molecular complexity index is 783. The highest BCUT2D eigenvalue weighted by atomic mass is 35.5. The van der Waals surface area contributed by atoms with Crippen molar-refractivity contribution in [2.45, 2.75) is 38.4 Å². The number of fused-ring (bicyclic) bond motifs is 1. The minimum atomic E-state index is -1.05. The molecule has 27 heavy (non-hydrogen) atoms. The Morgan fingerprint density at radius 1 is 1.48 bits per heavy atom. The third-order valence-electron chi connectivity index (χ3n) is 5.11. The van der Waals surface area contributed by atoms with Crippen molar-refractivity contribution in [3.63, 3.8) is 0 Å². The first-order chi connectivity index (χ1) is 12.6. The van der Waals surface area contributed by atoms with Crippen molar-refractivity contribution >= 4 is 29.3 Å². The van der Waals surface area contributed by atoms with E-state index in [0.29, 0.717) is 41.4 Å². The lowest BCUT2D eigenvalue weighted by Gasteiger charge is -2.34. The Balaban J connectivity index is 1.71. The second kappa shape index (κ2) is 7.09. The molecule has 3 rings (SSSR count). The molecule has 0 aliphatic carbocycles. The number of nitrogens with one attached hydrogen (secondary N) is 1. The molecular formula is C18H24ClN3O5. The summed E-state index contributed by atoms with van der Waals surface area (Å²) in [5.41, 5.74) is 7.03. The molecule has 8 nitrogen and oxygen atoms in total. The van der Waals surface area contributed by atoms with E-state index in [4.69, 9.17) is 27.2 Å². The zero-order chi connectivity index (χ0) is 19.9. The number of rotatable bonds is 3. The molecule has 0 saturated carbocycles. The number of halogens is 1. The largest absolute Gasteiger partial charge is 0.486 e. The fraction of sp³-hybridized carbons (Fsp3) is 0.556. The molecule has 2 aliphatic rings. The minimum absolute atomic E-state index is 0.0380. The highest BCUT2D eigenvalue weighted by Crippen LogP contribution is 2.44. The van der Waals surface area contributed by atoms with Crippen LogP contribution in [-0.4, -0.2) is 58.5 Å². The van der Waals surface area contributed by atoms with Gasteiger partial charge in [-0.05, 0) is 26.3 Å². The number of aliphatic hydroxyl groups excluding tert-OH is 1. The number of carbonyl (C=O) groups is 2. The van der Waals surface area contributed by atoms with E-state index in [2.05, 4.69) is 5.32 Å². The molecular weight excluding hydrogens is 374 g/mol. The number of nitrogens with two attached hydrogens (primary N) is 1. The van der Waals surface area contributed by atoms with Gasteiger partial charge in [0.2, 0.25) is 0 Å². The average Bonchev–Trinajstić information content (AvgIpc) is 2.92. The quantitative estimate of drug-likeness (QED) is 0.575. The van der Waals surface area contributed by atoms with Gasteiger partial charge in [0.25, 0.3) is 5.91 Å². The van der Waals surface area contributed by atoms with Gasteiger partial charge in [-0.25, -0.2) is 4.79 Å². The lowest BCUT2D eigenvalue weighted by molar-refractivity contribution is 0.0248. The van der Waals surface area contributed by atoms with Gasteiger partial charge in [0.1, 0.15) is 11.4 Å². The summed E-state index contributed by atoms with van der Waals surface area (Å²) in [4.78, 5) is 24.9. The number of carbonyl (C=O) groups excluding carboxylic acids is 1. The van der Waals surface area contributed by atoms with E-state index in [1.165, 1.54) is 11.0 Å². The van der Waals surface area contributed by atoms with E-state index in [1.54, 1.807) is 0 Å². The second-order valence-electron chi connectivity index (χ2n) is 7.72. The van der Waals surface area contributed by atoms with E-state index in [9.17, 15) is 14.7 Å². The van der Waals surface area contributed by atoms with Crippen LogP contribution in [0.4, 0.5) is 10.5 Å². The molecule has 9 heteroatoms. The molecule has 0 radical (unpaired) electrons. The van der Waals surface area contributed by atoms with Crippen molar-refractivity contribution in [3.05, 3.63) is 22.2 Å². The number of piperidine rings is 1. The topological polar surface area (TPSA) is 125 Å². The molecule has 1 saturated heterocycles. The predicted molar refractivity (Wildman–Crippen MR) is 100 cm³/mol. The van der Waals surface area contributed by atoms with Crippen molar-refractivity contribution in [2.75, 3.05) is 25.4 Å². The lowest BCUT2D eigenvalue weighted by atomic mass is 9.93. The zero-order valence-corrected chi connectivity index (χ0v) is 16.0. The van der Waals surface area contributed by atoms with E-state index in [-0.39, 0.29) is 24.9 Å². The molecule has 2 unspecified atom stereocenters. The van der Waals surface area contributed by atoms with Crippen molar-refractivity contribution in [1.29, 1.82) is 0 Å². The van der Waals surface area contributed by atoms with Crippen LogP contribution in [0.2, 0.25) is 5.02 Å². The summed E-state index contributed by atoms with van der Waals surface area (Å²) in [6.45, 7) is 4.42. The Morgan fingerprint density at radius 2 is 2.19 bits per heavy atom. The molecule has 2 amide bonds. The maximum absolute atomic E-state index is 12.7. The first-order valence-corrected chi connectivity index (χ1v) is 9.21. The number of ether oxygens (including phenoxy) is 1. The molecule has 148 valence electrons. The van der Waals surface area contributed by atoms with Crippen LogP contribution in [0.5, 0.6) is 5.75 Å². The zero-order valence-electron chi connectivity index (χ0n) is 15.3. The molecule has 0 bridgehead atoms. The van der Waals surface area contributed by atoms with Gasteiger partial charge in [0.05, 0.1) is 28.9 Å². The fourth-order valence-corrected chi connectivity index (χ4v) is 3.83. The number of β-amino-alcohol motifs (C(OH)–C–C–N with tert-alkyl or cyclic N) is 1. The Morgan fingerprint density at radius 3 is 2.81 bits per heavy atom. The monoisotopic (exact) mass is 397 g/mol. The van der Waals surface area contributed by atoms with Gasteiger partial charge in [0, 0.05) is 31.0 Å². The van der Waals surface area contributed by atoms with Crippen molar-refractivity contribution < 1.29 is 24.5 Å². The van der Waals surface area contributed by atoms with Crippen LogP contribution in [0, 0.1) is 5.92 Å². The Hall–Kier alpha value is -2.19. The van der Waals surface area contributed by atoms with Gasteiger partial charge in [-0.1, -0.05) is 11.6 Å². The first-order valence-electron chi connectivity index (χ1n) is 8.83. The molecule has 0 spiro atoms. The van der Waals surface area contributed by atoms with Gasteiger partial charge in [-0.15, -0.1) is 0 Å².